The maximum absolute atomic E-state index is 11.8. The van der Waals surface area contributed by atoms with Gasteiger partial charge >= 0.3 is 5.97 Å². The van der Waals surface area contributed by atoms with Crippen LogP contribution >= 0.6 is 11.6 Å². The van der Waals surface area contributed by atoms with Gasteiger partial charge in [-0.1, -0.05) is 23.7 Å². The van der Waals surface area contributed by atoms with Gasteiger partial charge in [0.25, 0.3) is 0 Å². The molecule has 5 nitrogen and oxygen atoms in total. The number of esters is 1. The van der Waals surface area contributed by atoms with E-state index in [0.29, 0.717) is 10.6 Å². The number of aromatic nitrogens is 2. The molecule has 1 aliphatic heterocycles. The highest BCUT2D eigenvalue weighted by molar-refractivity contribution is 6.33. The summed E-state index contributed by atoms with van der Waals surface area (Å²) in [7, 11) is 1.41. The predicted molar refractivity (Wildman–Crippen MR) is 123 cm³/mol. The van der Waals surface area contributed by atoms with Crippen molar-refractivity contribution in [3.05, 3.63) is 88.1 Å². The minimum atomic E-state index is -0.296. The molecular weight excluding hydrogens is 410 g/mol. The summed E-state index contributed by atoms with van der Waals surface area (Å²) in [6.45, 7) is 3.72. The monoisotopic (exact) mass is 431 g/mol. The van der Waals surface area contributed by atoms with Crippen LogP contribution in [0.1, 0.15) is 27.0 Å². The van der Waals surface area contributed by atoms with Crippen LogP contribution in [0.5, 0.6) is 0 Å². The van der Waals surface area contributed by atoms with Gasteiger partial charge in [0, 0.05) is 36.1 Å². The molecule has 3 heterocycles. The van der Waals surface area contributed by atoms with E-state index in [0.717, 1.165) is 47.5 Å². The first-order valence-corrected chi connectivity index (χ1v) is 10.6. The number of carbonyl (C=O) groups is 1. The lowest BCUT2D eigenvalue weighted by Crippen LogP contribution is -2.30. The Bertz CT molecular complexity index is 1310. The van der Waals surface area contributed by atoms with E-state index in [9.17, 15) is 4.79 Å². The van der Waals surface area contributed by atoms with Gasteiger partial charge < -0.3 is 9.64 Å². The van der Waals surface area contributed by atoms with Crippen LogP contribution in [-0.4, -0.2) is 29.2 Å². The highest BCUT2D eigenvalue weighted by Crippen LogP contribution is 2.35. The Morgan fingerprint density at radius 3 is 2.77 bits per heavy atom. The van der Waals surface area contributed by atoms with Gasteiger partial charge in [-0.2, -0.15) is 5.10 Å². The Hall–Kier alpha value is -3.31. The molecule has 6 heteroatoms. The molecule has 0 radical (unpaired) electrons. The molecule has 5 rings (SSSR count). The predicted octanol–water partition coefficient (Wildman–Crippen LogP) is 5.31. The first-order chi connectivity index (χ1) is 15.0. The van der Waals surface area contributed by atoms with Crippen molar-refractivity contribution in [1.29, 1.82) is 0 Å². The van der Waals surface area contributed by atoms with Crippen LogP contribution in [0.3, 0.4) is 0 Å². The smallest absolute Gasteiger partial charge is 0.337 e. The van der Waals surface area contributed by atoms with E-state index in [1.807, 2.05) is 47.1 Å². The summed E-state index contributed by atoms with van der Waals surface area (Å²) in [5, 5.41) is 5.46. The van der Waals surface area contributed by atoms with E-state index in [2.05, 4.69) is 30.0 Å². The van der Waals surface area contributed by atoms with E-state index in [1.54, 1.807) is 0 Å². The number of nitrogens with zero attached hydrogens (tertiary/aromatic N) is 3. The van der Waals surface area contributed by atoms with Crippen molar-refractivity contribution in [3.63, 3.8) is 0 Å². The van der Waals surface area contributed by atoms with Gasteiger partial charge in [0.05, 0.1) is 28.9 Å². The molecule has 2 aromatic carbocycles. The standard InChI is InChI=1S/C25H22ClN3O2/c1-16-23-5-3-4-11-29(23)27-24(16)21-14-20(8-9-22(21)26)28-12-10-17-13-18(25(30)31-2)6-7-19(17)15-28/h3-9,11,13-14H,10,12,15H2,1-2H3. The summed E-state index contributed by atoms with van der Waals surface area (Å²) < 4.78 is 6.74. The van der Waals surface area contributed by atoms with E-state index >= 15 is 0 Å². The van der Waals surface area contributed by atoms with Crippen LogP contribution in [0.15, 0.2) is 60.8 Å². The summed E-state index contributed by atoms with van der Waals surface area (Å²) in [6.07, 6.45) is 2.82. The fraction of sp³-hybridized carbons (Fsp3) is 0.200. The molecule has 0 spiro atoms. The lowest BCUT2D eigenvalue weighted by atomic mass is 9.96. The normalized spacial score (nSPS) is 13.3. The topological polar surface area (TPSA) is 46.8 Å². The average Bonchev–Trinajstić information content (AvgIpc) is 3.14. The molecular formula is C25H22ClN3O2. The molecule has 0 fully saturated rings. The van der Waals surface area contributed by atoms with Gasteiger partial charge in [-0.25, -0.2) is 9.31 Å². The van der Waals surface area contributed by atoms with Crippen molar-refractivity contribution >= 4 is 28.8 Å². The highest BCUT2D eigenvalue weighted by Gasteiger charge is 2.21. The van der Waals surface area contributed by atoms with Crippen LogP contribution in [0.4, 0.5) is 5.69 Å². The molecule has 0 aliphatic carbocycles. The first-order valence-electron chi connectivity index (χ1n) is 10.2. The van der Waals surface area contributed by atoms with E-state index in [1.165, 1.54) is 18.2 Å². The maximum Gasteiger partial charge on any atom is 0.337 e. The van der Waals surface area contributed by atoms with E-state index < -0.39 is 0 Å². The average molecular weight is 432 g/mol. The van der Waals surface area contributed by atoms with Gasteiger partial charge in [0.2, 0.25) is 0 Å². The fourth-order valence-electron chi connectivity index (χ4n) is 4.29. The third-order valence-corrected chi connectivity index (χ3v) is 6.33. The number of pyridine rings is 1. The summed E-state index contributed by atoms with van der Waals surface area (Å²) in [5.74, 6) is -0.296. The number of aryl methyl sites for hydroxylation is 1. The van der Waals surface area contributed by atoms with Crippen molar-refractivity contribution in [2.24, 2.45) is 0 Å². The molecule has 1 aliphatic rings. The number of anilines is 1. The second-order valence-corrected chi connectivity index (χ2v) is 8.22. The fourth-order valence-corrected chi connectivity index (χ4v) is 4.50. The third-order valence-electron chi connectivity index (χ3n) is 6.00. The molecule has 0 atom stereocenters. The summed E-state index contributed by atoms with van der Waals surface area (Å²) in [6, 6.07) is 18.0. The number of halogens is 1. The summed E-state index contributed by atoms with van der Waals surface area (Å²) in [4.78, 5) is 14.2. The van der Waals surface area contributed by atoms with Crippen LogP contribution in [0.2, 0.25) is 5.02 Å². The lowest BCUT2D eigenvalue weighted by molar-refractivity contribution is 0.0600. The molecule has 0 saturated carbocycles. The van der Waals surface area contributed by atoms with Gasteiger partial charge in [0.15, 0.2) is 0 Å². The van der Waals surface area contributed by atoms with Gasteiger partial charge in [-0.05, 0) is 66.9 Å². The van der Waals surface area contributed by atoms with Gasteiger partial charge in [-0.15, -0.1) is 0 Å². The van der Waals surface area contributed by atoms with E-state index in [4.69, 9.17) is 21.4 Å². The molecule has 0 unspecified atom stereocenters. The zero-order valence-corrected chi connectivity index (χ0v) is 18.2. The Labute approximate surface area is 185 Å². The molecule has 0 bridgehead atoms. The van der Waals surface area contributed by atoms with Crippen LogP contribution in [0, 0.1) is 6.92 Å². The number of fused-ring (bicyclic) bond motifs is 2. The van der Waals surface area contributed by atoms with Crippen molar-refractivity contribution in [1.82, 2.24) is 9.61 Å². The Morgan fingerprint density at radius 2 is 1.97 bits per heavy atom. The number of hydrogen-bond acceptors (Lipinski definition) is 4. The molecule has 0 saturated heterocycles. The first kappa shape index (κ1) is 19.6. The number of rotatable bonds is 3. The number of ether oxygens (including phenoxy) is 1. The largest absolute Gasteiger partial charge is 0.465 e. The van der Waals surface area contributed by atoms with Crippen molar-refractivity contribution < 1.29 is 9.53 Å². The Morgan fingerprint density at radius 1 is 1.10 bits per heavy atom. The number of benzene rings is 2. The third kappa shape index (κ3) is 3.45. The quantitative estimate of drug-likeness (QED) is 0.412. The lowest BCUT2D eigenvalue weighted by Gasteiger charge is -2.31. The number of carbonyl (C=O) groups excluding carboxylic acids is 1. The molecule has 31 heavy (non-hydrogen) atoms. The molecule has 0 N–H and O–H groups in total. The molecule has 2 aromatic heterocycles. The number of hydrogen-bond donors (Lipinski definition) is 0. The summed E-state index contributed by atoms with van der Waals surface area (Å²) in [5.41, 5.74) is 8.16. The van der Waals surface area contributed by atoms with Crippen molar-refractivity contribution in [3.8, 4) is 11.3 Å². The SMILES string of the molecule is COC(=O)c1ccc2c(c1)CCN(c1ccc(Cl)c(-c3nn4ccccc4c3C)c1)C2. The molecule has 156 valence electrons. The minimum absolute atomic E-state index is 0.296. The van der Waals surface area contributed by atoms with Crippen LogP contribution < -0.4 is 4.90 Å². The Kier molecular flexibility index (Phi) is 4.91. The summed E-state index contributed by atoms with van der Waals surface area (Å²) >= 11 is 6.60. The van der Waals surface area contributed by atoms with Crippen LogP contribution in [0.25, 0.3) is 16.8 Å². The minimum Gasteiger partial charge on any atom is -0.465 e. The molecule has 4 aromatic rings. The second kappa shape index (κ2) is 7.75. The van der Waals surface area contributed by atoms with Gasteiger partial charge in [-0.3, -0.25) is 0 Å². The van der Waals surface area contributed by atoms with Crippen LogP contribution in [-0.2, 0) is 17.7 Å². The van der Waals surface area contributed by atoms with Crippen molar-refractivity contribution in [2.75, 3.05) is 18.6 Å². The zero-order chi connectivity index (χ0) is 21.5. The highest BCUT2D eigenvalue weighted by atomic mass is 35.5. The Balaban J connectivity index is 1.48. The molecule has 0 amide bonds. The van der Waals surface area contributed by atoms with Crippen molar-refractivity contribution in [2.45, 2.75) is 19.9 Å². The second-order valence-electron chi connectivity index (χ2n) is 7.81. The van der Waals surface area contributed by atoms with Gasteiger partial charge in [0.1, 0.15) is 0 Å². The van der Waals surface area contributed by atoms with E-state index in [-0.39, 0.29) is 5.97 Å². The maximum atomic E-state index is 11.8. The zero-order valence-electron chi connectivity index (χ0n) is 17.4. The number of methoxy groups -OCH3 is 1.